The Kier molecular flexibility index (Phi) is 11.5. The molecule has 38 heavy (non-hydrogen) atoms. The van der Waals surface area contributed by atoms with Crippen LogP contribution in [0.15, 0.2) is 72.8 Å². The summed E-state index contributed by atoms with van der Waals surface area (Å²) in [6, 6.07) is 20.3. The second-order valence-electron chi connectivity index (χ2n) is 9.50. The number of carbonyl (C=O) groups excluding carboxylic acids is 2. The van der Waals surface area contributed by atoms with Gasteiger partial charge < -0.3 is 19.7 Å². The van der Waals surface area contributed by atoms with E-state index >= 15 is 0 Å². The number of benzene rings is 3. The first-order valence-corrected chi connectivity index (χ1v) is 13.4. The minimum Gasteiger partial charge on any atom is -0.491 e. The lowest BCUT2D eigenvalue weighted by Crippen LogP contribution is -2.17. The van der Waals surface area contributed by atoms with E-state index in [1.807, 2.05) is 0 Å². The maximum absolute atomic E-state index is 13.1. The predicted molar refractivity (Wildman–Crippen MR) is 148 cm³/mol. The van der Waals surface area contributed by atoms with Crippen LogP contribution in [0.4, 0.5) is 0 Å². The van der Waals surface area contributed by atoms with Gasteiger partial charge in [-0.2, -0.15) is 0 Å². The van der Waals surface area contributed by atoms with Crippen LogP contribution in [0.3, 0.4) is 0 Å². The van der Waals surface area contributed by atoms with E-state index in [1.165, 1.54) is 0 Å². The highest BCUT2D eigenvalue weighted by Gasteiger charge is 2.15. The SMILES string of the molecule is CCCCC(O)COc1ccc(C(=O)c2cccc(C(=O)c3ccc(OCC(O)CCCC)cc3)c2)cc1. The van der Waals surface area contributed by atoms with Crippen LogP contribution in [0, 0.1) is 0 Å². The Labute approximate surface area is 225 Å². The molecule has 0 bridgehead atoms. The molecule has 0 aliphatic heterocycles. The zero-order valence-electron chi connectivity index (χ0n) is 22.3. The molecule has 0 heterocycles. The van der Waals surface area contributed by atoms with Gasteiger partial charge in [-0.3, -0.25) is 9.59 Å². The van der Waals surface area contributed by atoms with E-state index in [1.54, 1.807) is 72.8 Å². The van der Waals surface area contributed by atoms with Gasteiger partial charge in [-0.05, 0) is 67.4 Å². The lowest BCUT2D eigenvalue weighted by Gasteiger charge is -2.12. The molecule has 3 rings (SSSR count). The molecule has 0 aliphatic carbocycles. The molecule has 2 N–H and O–H groups in total. The Morgan fingerprint density at radius 2 is 1.03 bits per heavy atom. The van der Waals surface area contributed by atoms with Crippen molar-refractivity contribution in [2.45, 2.75) is 64.6 Å². The number of hydrogen-bond acceptors (Lipinski definition) is 6. The zero-order valence-corrected chi connectivity index (χ0v) is 22.3. The largest absolute Gasteiger partial charge is 0.491 e. The Morgan fingerprint density at radius 1 is 0.632 bits per heavy atom. The quantitative estimate of drug-likeness (QED) is 0.226. The van der Waals surface area contributed by atoms with Gasteiger partial charge in [0.2, 0.25) is 0 Å². The number of ketones is 2. The summed E-state index contributed by atoms with van der Waals surface area (Å²) in [7, 11) is 0. The summed E-state index contributed by atoms with van der Waals surface area (Å²) >= 11 is 0. The fourth-order valence-electron chi connectivity index (χ4n) is 3.97. The van der Waals surface area contributed by atoms with E-state index in [0.717, 1.165) is 25.7 Å². The van der Waals surface area contributed by atoms with Gasteiger partial charge in [-0.15, -0.1) is 0 Å². The number of hydrogen-bond donors (Lipinski definition) is 2. The van der Waals surface area contributed by atoms with Crippen LogP contribution in [0.25, 0.3) is 0 Å². The third kappa shape index (κ3) is 8.82. The van der Waals surface area contributed by atoms with Gasteiger partial charge in [-0.1, -0.05) is 57.7 Å². The Morgan fingerprint density at radius 3 is 1.39 bits per heavy atom. The fourth-order valence-corrected chi connectivity index (χ4v) is 3.97. The minimum atomic E-state index is -0.510. The van der Waals surface area contributed by atoms with E-state index < -0.39 is 12.2 Å². The molecule has 0 saturated heterocycles. The summed E-state index contributed by atoms with van der Waals surface area (Å²) in [5.41, 5.74) is 1.80. The molecule has 0 aliphatic rings. The molecule has 2 atom stereocenters. The molecule has 6 nitrogen and oxygen atoms in total. The van der Waals surface area contributed by atoms with Gasteiger partial charge in [0.15, 0.2) is 11.6 Å². The van der Waals surface area contributed by atoms with Crippen molar-refractivity contribution in [3.8, 4) is 11.5 Å². The second kappa shape index (κ2) is 15.1. The van der Waals surface area contributed by atoms with Crippen molar-refractivity contribution in [3.63, 3.8) is 0 Å². The van der Waals surface area contributed by atoms with E-state index in [2.05, 4.69) is 13.8 Å². The number of unbranched alkanes of at least 4 members (excludes halogenated alkanes) is 2. The van der Waals surface area contributed by atoms with E-state index in [4.69, 9.17) is 9.47 Å². The van der Waals surface area contributed by atoms with E-state index in [0.29, 0.717) is 46.6 Å². The van der Waals surface area contributed by atoms with Crippen molar-refractivity contribution in [1.29, 1.82) is 0 Å². The van der Waals surface area contributed by atoms with E-state index in [9.17, 15) is 19.8 Å². The molecule has 2 unspecified atom stereocenters. The smallest absolute Gasteiger partial charge is 0.193 e. The Balaban J connectivity index is 1.60. The van der Waals surface area contributed by atoms with Gasteiger partial charge in [0.25, 0.3) is 0 Å². The van der Waals surface area contributed by atoms with Crippen LogP contribution in [-0.2, 0) is 0 Å². The van der Waals surface area contributed by atoms with Gasteiger partial charge in [-0.25, -0.2) is 0 Å². The summed E-state index contributed by atoms with van der Waals surface area (Å²) < 4.78 is 11.3. The van der Waals surface area contributed by atoms with E-state index in [-0.39, 0.29) is 24.8 Å². The van der Waals surface area contributed by atoms with Gasteiger partial charge in [0.1, 0.15) is 24.7 Å². The molecule has 202 valence electrons. The summed E-state index contributed by atoms with van der Waals surface area (Å²) in [6.45, 7) is 4.58. The average Bonchev–Trinajstić information content (AvgIpc) is 2.96. The lowest BCUT2D eigenvalue weighted by molar-refractivity contribution is 0.0978. The zero-order chi connectivity index (χ0) is 27.3. The first kappa shape index (κ1) is 29.1. The van der Waals surface area contributed by atoms with Crippen LogP contribution < -0.4 is 9.47 Å². The highest BCUT2D eigenvalue weighted by Crippen LogP contribution is 2.20. The Hall–Kier alpha value is -3.48. The fraction of sp³-hybridized carbons (Fsp3) is 0.375. The second-order valence-corrected chi connectivity index (χ2v) is 9.50. The van der Waals surface area contributed by atoms with Crippen molar-refractivity contribution in [2.75, 3.05) is 13.2 Å². The maximum atomic E-state index is 13.1. The lowest BCUT2D eigenvalue weighted by atomic mass is 9.97. The molecule has 3 aromatic rings. The molecule has 0 spiro atoms. The average molecular weight is 519 g/mol. The monoisotopic (exact) mass is 518 g/mol. The standard InChI is InChI=1S/C32H38O6/c1-3-5-10-27(33)21-37-29-16-12-23(13-17-29)31(35)25-8-7-9-26(20-25)32(36)24-14-18-30(19-15-24)38-22-28(34)11-6-4-2/h7-9,12-20,27-28,33-34H,3-6,10-11,21-22H2,1-2H3. The minimum absolute atomic E-state index is 0.195. The maximum Gasteiger partial charge on any atom is 0.193 e. The molecular weight excluding hydrogens is 480 g/mol. The highest BCUT2D eigenvalue weighted by atomic mass is 16.5. The molecular formula is C32H38O6. The summed E-state index contributed by atoms with van der Waals surface area (Å²) in [5, 5.41) is 19.9. The van der Waals surface area contributed by atoms with Crippen LogP contribution in [0.2, 0.25) is 0 Å². The molecule has 0 aromatic heterocycles. The van der Waals surface area contributed by atoms with Crippen molar-refractivity contribution in [2.24, 2.45) is 0 Å². The third-order valence-corrected chi connectivity index (χ3v) is 6.29. The van der Waals surface area contributed by atoms with Crippen molar-refractivity contribution in [3.05, 3.63) is 95.1 Å². The van der Waals surface area contributed by atoms with Crippen molar-refractivity contribution in [1.82, 2.24) is 0 Å². The predicted octanol–water partition coefficient (Wildman–Crippen LogP) is 6.01. The number of aliphatic hydroxyl groups is 2. The molecule has 3 aromatic carbocycles. The van der Waals surface area contributed by atoms with Gasteiger partial charge >= 0.3 is 0 Å². The first-order valence-electron chi connectivity index (χ1n) is 13.4. The number of carbonyl (C=O) groups is 2. The highest BCUT2D eigenvalue weighted by molar-refractivity contribution is 6.13. The molecule has 0 radical (unpaired) electrons. The number of ether oxygens (including phenoxy) is 2. The summed E-state index contributed by atoms with van der Waals surface area (Å²) in [6.07, 6.45) is 4.31. The molecule has 0 amide bonds. The third-order valence-electron chi connectivity index (χ3n) is 6.29. The number of rotatable bonds is 16. The molecule has 0 fully saturated rings. The molecule has 0 saturated carbocycles. The van der Waals surface area contributed by atoms with Gasteiger partial charge in [0, 0.05) is 22.3 Å². The topological polar surface area (TPSA) is 93.1 Å². The summed E-state index contributed by atoms with van der Waals surface area (Å²) in [4.78, 5) is 26.1. The van der Waals surface area contributed by atoms with Crippen LogP contribution in [0.5, 0.6) is 11.5 Å². The normalized spacial score (nSPS) is 12.5. The van der Waals surface area contributed by atoms with Gasteiger partial charge in [0.05, 0.1) is 12.2 Å². The van der Waals surface area contributed by atoms with Crippen molar-refractivity contribution < 1.29 is 29.3 Å². The number of aliphatic hydroxyl groups excluding tert-OH is 2. The summed E-state index contributed by atoms with van der Waals surface area (Å²) in [5.74, 6) is 0.784. The van der Waals surface area contributed by atoms with Crippen molar-refractivity contribution >= 4 is 11.6 Å². The van der Waals surface area contributed by atoms with Crippen LogP contribution in [0.1, 0.15) is 84.2 Å². The first-order chi connectivity index (χ1) is 18.4. The van der Waals surface area contributed by atoms with Crippen LogP contribution in [-0.4, -0.2) is 47.2 Å². The Bertz CT molecular complexity index is 1060. The molecule has 6 heteroatoms. The van der Waals surface area contributed by atoms with Crippen LogP contribution >= 0.6 is 0 Å².